The number of hydrogen-bond acceptors (Lipinski definition) is 6. The Bertz CT molecular complexity index is 551. The summed E-state index contributed by atoms with van der Waals surface area (Å²) in [6.07, 6.45) is 3.46. The minimum Gasteiger partial charge on any atom is -0.390 e. The summed E-state index contributed by atoms with van der Waals surface area (Å²) >= 11 is 0. The van der Waals surface area contributed by atoms with Crippen molar-refractivity contribution >= 4 is 11.9 Å². The second-order valence-corrected chi connectivity index (χ2v) is 7.57. The Labute approximate surface area is 164 Å². The van der Waals surface area contributed by atoms with Crippen LogP contribution in [0.4, 0.5) is 5.69 Å². The lowest BCUT2D eigenvalue weighted by molar-refractivity contribution is 0.126. The topological polar surface area (TPSA) is 103 Å². The largest absolute Gasteiger partial charge is 0.390 e. The van der Waals surface area contributed by atoms with Gasteiger partial charge in [-0.3, -0.25) is 0 Å². The Morgan fingerprint density at radius 3 is 2.67 bits per heavy atom. The van der Waals surface area contributed by atoms with E-state index in [-0.39, 0.29) is 6.04 Å². The predicted molar refractivity (Wildman–Crippen MR) is 114 cm³/mol. The van der Waals surface area contributed by atoms with Crippen molar-refractivity contribution in [3.8, 4) is 0 Å². The van der Waals surface area contributed by atoms with Gasteiger partial charge in [-0.1, -0.05) is 26.0 Å². The highest BCUT2D eigenvalue weighted by Gasteiger charge is 2.22. The third-order valence-corrected chi connectivity index (χ3v) is 5.04. The maximum absolute atomic E-state index is 10.1. The fourth-order valence-electron chi connectivity index (χ4n) is 3.21. The van der Waals surface area contributed by atoms with Crippen LogP contribution in [0.1, 0.15) is 37.8 Å². The number of aliphatic hydroxyl groups excluding tert-OH is 1. The van der Waals surface area contributed by atoms with Gasteiger partial charge in [-0.2, -0.15) is 0 Å². The van der Waals surface area contributed by atoms with Crippen LogP contribution in [0.15, 0.2) is 18.2 Å². The third-order valence-electron chi connectivity index (χ3n) is 5.04. The fraction of sp³-hybridized carbons (Fsp3) is 0.667. The van der Waals surface area contributed by atoms with Crippen molar-refractivity contribution in [2.24, 2.45) is 17.6 Å². The lowest BCUT2D eigenvalue weighted by Crippen LogP contribution is -2.42. The molecule has 1 aromatic carbocycles. The molecule has 0 heterocycles. The number of methoxy groups -OCH3 is 1. The van der Waals surface area contributed by atoms with Gasteiger partial charge < -0.3 is 31.6 Å². The molecule has 27 heavy (non-hydrogen) atoms. The van der Waals surface area contributed by atoms with E-state index in [0.29, 0.717) is 18.4 Å². The smallest absolute Gasteiger partial charge is 0.0815 e. The van der Waals surface area contributed by atoms with Crippen molar-refractivity contribution in [2.45, 2.75) is 45.3 Å². The summed E-state index contributed by atoms with van der Waals surface area (Å²) in [7, 11) is 3.52. The lowest BCUT2D eigenvalue weighted by atomic mass is 9.83. The summed E-state index contributed by atoms with van der Waals surface area (Å²) in [5.41, 5.74) is 9.32. The molecular weight excluding hydrogens is 340 g/mol. The average molecular weight is 379 g/mol. The van der Waals surface area contributed by atoms with Gasteiger partial charge in [0.25, 0.3) is 0 Å². The normalized spacial score (nSPS) is 14.8. The lowest BCUT2D eigenvalue weighted by Gasteiger charge is -2.27. The van der Waals surface area contributed by atoms with E-state index in [4.69, 9.17) is 15.9 Å². The van der Waals surface area contributed by atoms with Gasteiger partial charge in [-0.15, -0.1) is 0 Å². The fourth-order valence-corrected chi connectivity index (χ4v) is 3.21. The number of anilines is 1. The molecule has 154 valence electrons. The molecule has 0 aromatic heterocycles. The van der Waals surface area contributed by atoms with Gasteiger partial charge in [-0.25, -0.2) is 0 Å². The van der Waals surface area contributed by atoms with Crippen molar-refractivity contribution in [2.75, 3.05) is 39.2 Å². The minimum absolute atomic E-state index is 0.239. The van der Waals surface area contributed by atoms with Crippen LogP contribution in [-0.2, 0) is 11.2 Å². The number of nitrogens with two attached hydrogens (primary N) is 1. The molecule has 0 spiro atoms. The molecule has 6 nitrogen and oxygen atoms in total. The maximum Gasteiger partial charge on any atom is 0.0815 e. The van der Waals surface area contributed by atoms with Gasteiger partial charge in [0, 0.05) is 50.3 Å². The van der Waals surface area contributed by atoms with Crippen LogP contribution in [0.2, 0.25) is 0 Å². The highest BCUT2D eigenvalue weighted by molar-refractivity contribution is 5.86. The Kier molecular flexibility index (Phi) is 11.2. The highest BCUT2D eigenvalue weighted by Crippen LogP contribution is 2.25. The summed E-state index contributed by atoms with van der Waals surface area (Å²) in [4.78, 5) is 0. The average Bonchev–Trinajstić information content (AvgIpc) is 2.64. The molecular formula is C21H38N4O2. The van der Waals surface area contributed by atoms with E-state index in [1.807, 2.05) is 13.1 Å². The first kappa shape index (κ1) is 23.6. The number of ether oxygens (including phenoxy) is 1. The van der Waals surface area contributed by atoms with Crippen LogP contribution >= 0.6 is 0 Å². The quantitative estimate of drug-likeness (QED) is 0.252. The minimum atomic E-state index is -0.533. The molecule has 0 saturated heterocycles. The van der Waals surface area contributed by atoms with E-state index in [0.717, 1.165) is 43.7 Å². The van der Waals surface area contributed by atoms with Crippen LogP contribution in [0.3, 0.4) is 0 Å². The van der Waals surface area contributed by atoms with Crippen LogP contribution in [0, 0.1) is 17.2 Å². The molecule has 0 amide bonds. The zero-order valence-electron chi connectivity index (χ0n) is 17.3. The van der Waals surface area contributed by atoms with E-state index in [2.05, 4.69) is 36.6 Å². The standard InChI is InChI=1S/C21H38N4O2/c1-15(2)18(12-19(23)21(26)14-24-3)10-16-6-7-17(13-22)20(11-16)25-8-5-9-27-4/h6-7,11,13,15,18-19,21-22,24-26H,5,8-10,12,14,23H2,1-4H3. The van der Waals surface area contributed by atoms with Crippen LogP contribution in [0.25, 0.3) is 0 Å². The monoisotopic (exact) mass is 378 g/mol. The number of hydrogen-bond donors (Lipinski definition) is 5. The maximum atomic E-state index is 10.1. The van der Waals surface area contributed by atoms with Crippen molar-refractivity contribution in [1.82, 2.24) is 5.32 Å². The first-order valence-corrected chi connectivity index (χ1v) is 9.87. The van der Waals surface area contributed by atoms with Gasteiger partial charge in [0.15, 0.2) is 0 Å². The zero-order valence-corrected chi connectivity index (χ0v) is 17.3. The van der Waals surface area contributed by atoms with E-state index in [1.165, 1.54) is 11.8 Å². The predicted octanol–water partition coefficient (Wildman–Crippen LogP) is 2.25. The molecule has 0 aliphatic rings. The molecule has 0 saturated carbocycles. The second kappa shape index (κ2) is 12.8. The Morgan fingerprint density at radius 2 is 2.07 bits per heavy atom. The molecule has 6 N–H and O–H groups in total. The summed E-state index contributed by atoms with van der Waals surface area (Å²) in [6.45, 7) is 6.45. The Balaban J connectivity index is 2.81. The van der Waals surface area contributed by atoms with Crippen LogP contribution in [0.5, 0.6) is 0 Å². The zero-order chi connectivity index (χ0) is 20.2. The molecule has 1 aromatic rings. The summed E-state index contributed by atoms with van der Waals surface area (Å²) in [5.74, 6) is 0.858. The van der Waals surface area contributed by atoms with E-state index in [9.17, 15) is 5.11 Å². The molecule has 0 aliphatic heterocycles. The summed E-state index contributed by atoms with van der Waals surface area (Å²) < 4.78 is 5.09. The van der Waals surface area contributed by atoms with Crippen molar-refractivity contribution in [3.63, 3.8) is 0 Å². The molecule has 0 aliphatic carbocycles. The first-order chi connectivity index (χ1) is 12.9. The van der Waals surface area contributed by atoms with E-state index < -0.39 is 6.10 Å². The summed E-state index contributed by atoms with van der Waals surface area (Å²) in [6, 6.07) is 5.98. The second-order valence-electron chi connectivity index (χ2n) is 7.57. The molecule has 0 fully saturated rings. The van der Waals surface area contributed by atoms with E-state index in [1.54, 1.807) is 7.11 Å². The highest BCUT2D eigenvalue weighted by atomic mass is 16.5. The van der Waals surface area contributed by atoms with E-state index >= 15 is 0 Å². The number of nitrogens with one attached hydrogen (secondary N) is 3. The van der Waals surface area contributed by atoms with Gasteiger partial charge in [0.2, 0.25) is 0 Å². The number of rotatable bonds is 14. The molecule has 6 heteroatoms. The van der Waals surface area contributed by atoms with Gasteiger partial charge in [-0.05, 0) is 49.8 Å². The van der Waals surface area contributed by atoms with Gasteiger partial charge in [0.05, 0.1) is 6.10 Å². The first-order valence-electron chi connectivity index (χ1n) is 9.87. The number of likely N-dealkylation sites (N-methyl/N-ethyl adjacent to an activating group) is 1. The van der Waals surface area contributed by atoms with Gasteiger partial charge in [0.1, 0.15) is 0 Å². The van der Waals surface area contributed by atoms with Gasteiger partial charge >= 0.3 is 0 Å². The van der Waals surface area contributed by atoms with Crippen LogP contribution in [-0.4, -0.2) is 57.3 Å². The molecule has 0 radical (unpaired) electrons. The Morgan fingerprint density at radius 1 is 1.33 bits per heavy atom. The van der Waals surface area contributed by atoms with Crippen LogP contribution < -0.4 is 16.4 Å². The molecule has 3 atom stereocenters. The molecule has 0 bridgehead atoms. The number of aliphatic hydroxyl groups is 1. The molecule has 3 unspecified atom stereocenters. The summed E-state index contributed by atoms with van der Waals surface area (Å²) in [5, 5.41) is 24.1. The van der Waals surface area contributed by atoms with Crippen molar-refractivity contribution in [1.29, 1.82) is 5.41 Å². The number of benzene rings is 1. The molecule has 1 rings (SSSR count). The SMILES string of the molecule is CNCC(O)C(N)CC(Cc1ccc(C=N)c(NCCCOC)c1)C(C)C. The van der Waals surface area contributed by atoms with Crippen molar-refractivity contribution in [3.05, 3.63) is 29.3 Å². The Hall–Kier alpha value is -1.47. The third kappa shape index (κ3) is 8.39. The van der Waals surface area contributed by atoms with Crippen molar-refractivity contribution < 1.29 is 9.84 Å².